The largest absolute Gasteiger partial charge is 0.452 e. The second-order valence-corrected chi connectivity index (χ2v) is 8.92. The van der Waals surface area contributed by atoms with Crippen LogP contribution in [-0.2, 0) is 15.3 Å². The SMILES string of the molecule is Cc1ccc(-c2csc(NC(=O)COC(=O)c3cccnc3SCc3cc(C)on3)n2)cc1. The molecule has 3 heterocycles. The molecule has 1 aromatic carbocycles. The zero-order chi connectivity index (χ0) is 23.2. The number of esters is 1. The number of rotatable bonds is 8. The van der Waals surface area contributed by atoms with Crippen molar-refractivity contribution in [2.45, 2.75) is 24.6 Å². The number of ether oxygens (including phenoxy) is 1. The molecular weight excluding hydrogens is 460 g/mol. The number of hydrogen-bond acceptors (Lipinski definition) is 9. The summed E-state index contributed by atoms with van der Waals surface area (Å²) in [5.74, 6) is 0.104. The highest BCUT2D eigenvalue weighted by Crippen LogP contribution is 2.26. The van der Waals surface area contributed by atoms with Gasteiger partial charge in [0, 0.05) is 29.0 Å². The van der Waals surface area contributed by atoms with E-state index >= 15 is 0 Å². The van der Waals surface area contributed by atoms with Crippen LogP contribution in [0.4, 0.5) is 5.13 Å². The number of anilines is 1. The number of carbonyl (C=O) groups is 2. The molecule has 33 heavy (non-hydrogen) atoms. The number of nitrogens with zero attached hydrogens (tertiary/aromatic N) is 3. The predicted octanol–water partition coefficient (Wildman–Crippen LogP) is 4.90. The summed E-state index contributed by atoms with van der Waals surface area (Å²) in [7, 11) is 0. The Labute approximate surface area is 198 Å². The third-order valence-corrected chi connectivity index (χ3v) is 6.25. The number of hydrogen-bond donors (Lipinski definition) is 1. The molecule has 0 aliphatic rings. The lowest BCUT2D eigenvalue weighted by atomic mass is 10.1. The molecule has 0 unspecified atom stereocenters. The first kappa shape index (κ1) is 22.7. The van der Waals surface area contributed by atoms with Crippen molar-refractivity contribution in [3.8, 4) is 11.3 Å². The van der Waals surface area contributed by atoms with Gasteiger partial charge in [-0.1, -0.05) is 46.7 Å². The van der Waals surface area contributed by atoms with Crippen LogP contribution >= 0.6 is 23.1 Å². The molecule has 0 fully saturated rings. The third-order valence-electron chi connectivity index (χ3n) is 4.46. The summed E-state index contributed by atoms with van der Waals surface area (Å²) >= 11 is 2.64. The third kappa shape index (κ3) is 6.05. The van der Waals surface area contributed by atoms with Crippen LogP contribution < -0.4 is 5.32 Å². The van der Waals surface area contributed by atoms with E-state index in [0.29, 0.717) is 21.7 Å². The lowest BCUT2D eigenvalue weighted by Gasteiger charge is -2.08. The summed E-state index contributed by atoms with van der Waals surface area (Å²) in [6.45, 7) is 3.40. The predicted molar refractivity (Wildman–Crippen MR) is 126 cm³/mol. The highest BCUT2D eigenvalue weighted by molar-refractivity contribution is 7.98. The van der Waals surface area contributed by atoms with Gasteiger partial charge in [-0.2, -0.15) is 0 Å². The molecule has 4 aromatic rings. The molecule has 0 saturated carbocycles. The molecule has 0 saturated heterocycles. The highest BCUT2D eigenvalue weighted by Gasteiger charge is 2.17. The van der Waals surface area contributed by atoms with Crippen molar-refractivity contribution in [3.63, 3.8) is 0 Å². The van der Waals surface area contributed by atoms with Crippen LogP contribution in [0.2, 0.25) is 0 Å². The van der Waals surface area contributed by atoms with Crippen LogP contribution in [0, 0.1) is 13.8 Å². The van der Waals surface area contributed by atoms with E-state index in [1.54, 1.807) is 18.3 Å². The Kier molecular flexibility index (Phi) is 7.16. The molecule has 0 aliphatic carbocycles. The maximum atomic E-state index is 12.6. The van der Waals surface area contributed by atoms with Gasteiger partial charge in [-0.25, -0.2) is 14.8 Å². The molecule has 168 valence electrons. The van der Waals surface area contributed by atoms with Crippen molar-refractivity contribution in [1.29, 1.82) is 0 Å². The van der Waals surface area contributed by atoms with Crippen molar-refractivity contribution in [2.24, 2.45) is 0 Å². The van der Waals surface area contributed by atoms with Gasteiger partial charge < -0.3 is 9.26 Å². The molecule has 0 bridgehead atoms. The summed E-state index contributed by atoms with van der Waals surface area (Å²) in [4.78, 5) is 33.5. The average molecular weight is 481 g/mol. The van der Waals surface area contributed by atoms with E-state index in [-0.39, 0.29) is 5.56 Å². The first-order valence-electron chi connectivity index (χ1n) is 9.97. The van der Waals surface area contributed by atoms with Gasteiger partial charge in [-0.3, -0.25) is 10.1 Å². The van der Waals surface area contributed by atoms with Crippen LogP contribution in [0.25, 0.3) is 11.3 Å². The number of benzene rings is 1. The van der Waals surface area contributed by atoms with E-state index in [0.717, 1.165) is 22.5 Å². The smallest absolute Gasteiger partial charge is 0.341 e. The van der Waals surface area contributed by atoms with Crippen molar-refractivity contribution < 1.29 is 18.8 Å². The number of nitrogens with one attached hydrogen (secondary N) is 1. The lowest BCUT2D eigenvalue weighted by molar-refractivity contribution is -0.119. The molecule has 4 rings (SSSR count). The number of amides is 1. The maximum Gasteiger partial charge on any atom is 0.341 e. The number of pyridine rings is 1. The first-order valence-corrected chi connectivity index (χ1v) is 11.8. The Morgan fingerprint density at radius 3 is 2.76 bits per heavy atom. The Hall–Kier alpha value is -3.50. The molecule has 3 aromatic heterocycles. The minimum Gasteiger partial charge on any atom is -0.452 e. The number of thiazole rings is 1. The van der Waals surface area contributed by atoms with E-state index in [9.17, 15) is 9.59 Å². The quantitative estimate of drug-likeness (QED) is 0.280. The summed E-state index contributed by atoms with van der Waals surface area (Å²) in [6.07, 6.45) is 1.59. The zero-order valence-electron chi connectivity index (χ0n) is 17.9. The first-order chi connectivity index (χ1) is 16.0. The minimum absolute atomic E-state index is 0.284. The Morgan fingerprint density at radius 1 is 1.18 bits per heavy atom. The van der Waals surface area contributed by atoms with Crippen LogP contribution in [0.1, 0.15) is 27.4 Å². The summed E-state index contributed by atoms with van der Waals surface area (Å²) < 4.78 is 10.3. The number of thioether (sulfide) groups is 1. The van der Waals surface area contributed by atoms with Crippen LogP contribution in [0.3, 0.4) is 0 Å². The maximum absolute atomic E-state index is 12.6. The van der Waals surface area contributed by atoms with Gasteiger partial charge in [0.05, 0.1) is 17.0 Å². The van der Waals surface area contributed by atoms with Crippen LogP contribution in [0.15, 0.2) is 63.6 Å². The van der Waals surface area contributed by atoms with Gasteiger partial charge >= 0.3 is 5.97 Å². The molecule has 1 N–H and O–H groups in total. The van der Waals surface area contributed by atoms with E-state index in [1.807, 2.05) is 49.6 Å². The fourth-order valence-electron chi connectivity index (χ4n) is 2.84. The van der Waals surface area contributed by atoms with Crippen molar-refractivity contribution >= 4 is 40.1 Å². The lowest BCUT2D eigenvalue weighted by Crippen LogP contribution is -2.21. The van der Waals surface area contributed by atoms with Crippen LogP contribution in [-0.4, -0.2) is 33.6 Å². The molecule has 0 radical (unpaired) electrons. The van der Waals surface area contributed by atoms with Gasteiger partial charge in [0.15, 0.2) is 11.7 Å². The van der Waals surface area contributed by atoms with Crippen molar-refractivity contribution in [2.75, 3.05) is 11.9 Å². The molecular formula is C23H20N4O4S2. The molecule has 0 aliphatic heterocycles. The van der Waals surface area contributed by atoms with Gasteiger partial charge in [-0.15, -0.1) is 11.3 Å². The van der Waals surface area contributed by atoms with Gasteiger partial charge in [-0.05, 0) is 26.0 Å². The zero-order valence-corrected chi connectivity index (χ0v) is 19.5. The normalized spacial score (nSPS) is 10.7. The number of aryl methyl sites for hydroxylation is 2. The highest BCUT2D eigenvalue weighted by atomic mass is 32.2. The second-order valence-electron chi connectivity index (χ2n) is 7.10. The van der Waals surface area contributed by atoms with Gasteiger partial charge in [0.2, 0.25) is 0 Å². The molecule has 1 amide bonds. The van der Waals surface area contributed by atoms with Crippen molar-refractivity contribution in [3.05, 3.63) is 76.6 Å². The fraction of sp³-hybridized carbons (Fsp3) is 0.174. The topological polar surface area (TPSA) is 107 Å². The average Bonchev–Trinajstić information content (AvgIpc) is 3.45. The van der Waals surface area contributed by atoms with Gasteiger partial charge in [0.25, 0.3) is 5.91 Å². The van der Waals surface area contributed by atoms with E-state index in [2.05, 4.69) is 20.4 Å². The Morgan fingerprint density at radius 2 is 2.00 bits per heavy atom. The van der Waals surface area contributed by atoms with Crippen molar-refractivity contribution in [1.82, 2.24) is 15.1 Å². The second kappa shape index (κ2) is 10.4. The van der Waals surface area contributed by atoms with Crippen LogP contribution in [0.5, 0.6) is 0 Å². The molecule has 0 atom stereocenters. The van der Waals surface area contributed by atoms with E-state index in [1.165, 1.54) is 23.1 Å². The Balaban J connectivity index is 1.32. The number of carbonyl (C=O) groups excluding carboxylic acids is 2. The Bertz CT molecular complexity index is 1270. The minimum atomic E-state index is -0.628. The summed E-state index contributed by atoms with van der Waals surface area (Å²) in [5, 5.41) is 9.39. The fourth-order valence-corrected chi connectivity index (χ4v) is 4.44. The summed E-state index contributed by atoms with van der Waals surface area (Å²) in [6, 6.07) is 13.0. The van der Waals surface area contributed by atoms with E-state index < -0.39 is 18.5 Å². The van der Waals surface area contributed by atoms with Gasteiger partial charge in [0.1, 0.15) is 10.8 Å². The molecule has 8 nitrogen and oxygen atoms in total. The molecule has 0 spiro atoms. The number of aromatic nitrogens is 3. The standard InChI is InChI=1S/C23H20N4O4S2/c1-14-5-7-16(8-6-14)19-13-33-23(25-19)26-20(28)11-30-22(29)18-4-3-9-24-21(18)32-12-17-10-15(2)31-27-17/h3-10,13H,11-12H2,1-2H3,(H,25,26,28). The monoisotopic (exact) mass is 480 g/mol. The molecule has 10 heteroatoms. The summed E-state index contributed by atoms with van der Waals surface area (Å²) in [5.41, 5.74) is 3.92. The van der Waals surface area contributed by atoms with E-state index in [4.69, 9.17) is 9.26 Å².